The van der Waals surface area contributed by atoms with Crippen molar-refractivity contribution in [1.29, 1.82) is 0 Å². The summed E-state index contributed by atoms with van der Waals surface area (Å²) in [5.74, 6) is -0.124. The Labute approximate surface area is 161 Å². The van der Waals surface area contributed by atoms with Crippen LogP contribution in [0.4, 0.5) is 17.1 Å². The number of fused-ring (bicyclic) bond motifs is 1. The third-order valence-electron chi connectivity index (χ3n) is 4.42. The van der Waals surface area contributed by atoms with Gasteiger partial charge in [-0.2, -0.15) is 0 Å². The number of ether oxygens (including phenoxy) is 1. The Morgan fingerprint density at radius 3 is 2.75 bits per heavy atom. The van der Waals surface area contributed by atoms with Gasteiger partial charge in [0.05, 0.1) is 23.7 Å². The van der Waals surface area contributed by atoms with E-state index in [1.54, 1.807) is 42.2 Å². The number of rotatable bonds is 5. The molecule has 2 N–H and O–H groups in total. The highest BCUT2D eigenvalue weighted by atomic mass is 16.6. The number of benzene rings is 2. The van der Waals surface area contributed by atoms with Crippen LogP contribution in [0.25, 0.3) is 0 Å². The summed E-state index contributed by atoms with van der Waals surface area (Å²) in [5.41, 5.74) is 1.49. The highest BCUT2D eigenvalue weighted by Gasteiger charge is 2.31. The molecule has 0 bridgehead atoms. The number of nitro benzene ring substituents is 1. The fraction of sp³-hybridized carbons (Fsp3) is 0.263. The first-order chi connectivity index (χ1) is 13.4. The summed E-state index contributed by atoms with van der Waals surface area (Å²) in [6.07, 6.45) is -0.742. The summed E-state index contributed by atoms with van der Waals surface area (Å²) in [4.78, 5) is 36.9. The van der Waals surface area contributed by atoms with Gasteiger partial charge in [0.25, 0.3) is 11.6 Å². The Balaban J connectivity index is 1.77. The van der Waals surface area contributed by atoms with Crippen LogP contribution in [0.5, 0.6) is 5.75 Å². The van der Waals surface area contributed by atoms with Crippen LogP contribution in [-0.4, -0.2) is 43.0 Å². The van der Waals surface area contributed by atoms with Crippen LogP contribution in [0.2, 0.25) is 0 Å². The van der Waals surface area contributed by atoms with E-state index >= 15 is 0 Å². The fourth-order valence-electron chi connectivity index (χ4n) is 3.01. The molecule has 0 aromatic heterocycles. The number of aryl methyl sites for hydroxylation is 1. The molecule has 146 valence electrons. The highest BCUT2D eigenvalue weighted by molar-refractivity contribution is 5.95. The Morgan fingerprint density at radius 1 is 1.29 bits per heavy atom. The number of carbonyl (C=O) groups is 2. The van der Waals surface area contributed by atoms with Gasteiger partial charge >= 0.3 is 0 Å². The molecule has 1 atom stereocenters. The molecule has 9 nitrogen and oxygen atoms in total. The summed E-state index contributed by atoms with van der Waals surface area (Å²) in [7, 11) is 1.52. The molecule has 0 spiro atoms. The van der Waals surface area contributed by atoms with E-state index in [2.05, 4.69) is 10.6 Å². The van der Waals surface area contributed by atoms with Crippen molar-refractivity contribution in [3.05, 3.63) is 58.1 Å². The van der Waals surface area contributed by atoms with Gasteiger partial charge in [-0.3, -0.25) is 19.7 Å². The Hall–Kier alpha value is -3.62. The van der Waals surface area contributed by atoms with Crippen molar-refractivity contribution in [3.63, 3.8) is 0 Å². The van der Waals surface area contributed by atoms with Crippen LogP contribution in [-0.2, 0) is 9.59 Å². The lowest BCUT2D eigenvalue weighted by Crippen LogP contribution is -2.50. The van der Waals surface area contributed by atoms with Gasteiger partial charge in [0.2, 0.25) is 5.91 Å². The van der Waals surface area contributed by atoms with Crippen LogP contribution in [0.1, 0.15) is 5.56 Å². The maximum absolute atomic E-state index is 12.5. The van der Waals surface area contributed by atoms with Crippen LogP contribution >= 0.6 is 0 Å². The lowest BCUT2D eigenvalue weighted by molar-refractivity contribution is -0.385. The summed E-state index contributed by atoms with van der Waals surface area (Å²) >= 11 is 0. The lowest BCUT2D eigenvalue weighted by Gasteiger charge is -2.34. The van der Waals surface area contributed by atoms with Crippen molar-refractivity contribution >= 4 is 28.9 Å². The topological polar surface area (TPSA) is 114 Å². The van der Waals surface area contributed by atoms with Crippen LogP contribution in [0.15, 0.2) is 42.5 Å². The average Bonchev–Trinajstić information content (AvgIpc) is 2.68. The van der Waals surface area contributed by atoms with Gasteiger partial charge < -0.3 is 20.3 Å². The Bertz CT molecular complexity index is 930. The molecule has 1 aliphatic heterocycles. The zero-order valence-corrected chi connectivity index (χ0v) is 15.5. The van der Waals surface area contributed by atoms with Crippen LogP contribution < -0.4 is 20.3 Å². The van der Waals surface area contributed by atoms with Crippen molar-refractivity contribution in [1.82, 2.24) is 5.32 Å². The van der Waals surface area contributed by atoms with Gasteiger partial charge in [-0.25, -0.2) is 0 Å². The largest absolute Gasteiger partial charge is 0.477 e. The number of nitro groups is 1. The van der Waals surface area contributed by atoms with E-state index in [4.69, 9.17) is 4.74 Å². The number of nitrogens with zero attached hydrogens (tertiary/aromatic N) is 2. The maximum atomic E-state index is 12.5. The number of hydrogen-bond donors (Lipinski definition) is 2. The molecular weight excluding hydrogens is 364 g/mol. The number of para-hydroxylation sites is 2. The summed E-state index contributed by atoms with van der Waals surface area (Å²) in [6.45, 7) is 1.81. The first-order valence-corrected chi connectivity index (χ1v) is 8.66. The molecule has 1 aliphatic rings. The molecule has 1 unspecified atom stereocenters. The molecule has 0 fully saturated rings. The normalized spacial score (nSPS) is 15.2. The lowest BCUT2D eigenvalue weighted by atomic mass is 10.1. The van der Waals surface area contributed by atoms with E-state index in [9.17, 15) is 19.7 Å². The van der Waals surface area contributed by atoms with E-state index in [1.807, 2.05) is 6.07 Å². The standard InChI is InChI=1S/C19H20N4O5/c1-12-7-8-13(9-15(12)23(26)27)21-18(24)11-22-10-17(19(25)20-2)28-16-6-4-3-5-14(16)22/h3-9,17H,10-11H2,1-2H3,(H,20,25)(H,21,24). The number of amides is 2. The highest BCUT2D eigenvalue weighted by Crippen LogP contribution is 2.33. The van der Waals surface area contributed by atoms with Crippen molar-refractivity contribution in [2.75, 3.05) is 30.4 Å². The molecule has 2 aromatic rings. The van der Waals surface area contributed by atoms with Gasteiger partial charge in [0.15, 0.2) is 6.10 Å². The zero-order valence-electron chi connectivity index (χ0n) is 15.5. The molecule has 9 heteroatoms. The predicted molar refractivity (Wildman–Crippen MR) is 104 cm³/mol. The van der Waals surface area contributed by atoms with Gasteiger partial charge in [-0.05, 0) is 25.1 Å². The molecule has 3 rings (SSSR count). The molecule has 28 heavy (non-hydrogen) atoms. The van der Waals surface area contributed by atoms with Crippen molar-refractivity contribution in [2.45, 2.75) is 13.0 Å². The van der Waals surface area contributed by atoms with Crippen LogP contribution in [0, 0.1) is 17.0 Å². The van der Waals surface area contributed by atoms with E-state index < -0.39 is 11.0 Å². The fourth-order valence-corrected chi connectivity index (χ4v) is 3.01. The second kappa shape index (κ2) is 7.95. The zero-order chi connectivity index (χ0) is 20.3. The van der Waals surface area contributed by atoms with Crippen molar-refractivity contribution < 1.29 is 19.2 Å². The van der Waals surface area contributed by atoms with E-state index in [-0.39, 0.29) is 30.6 Å². The molecular formula is C19H20N4O5. The quantitative estimate of drug-likeness (QED) is 0.601. The van der Waals surface area contributed by atoms with Crippen molar-refractivity contribution in [2.24, 2.45) is 0 Å². The minimum Gasteiger partial charge on any atom is -0.477 e. The maximum Gasteiger partial charge on any atom is 0.274 e. The molecule has 1 heterocycles. The second-order valence-electron chi connectivity index (χ2n) is 6.38. The number of anilines is 2. The first kappa shape index (κ1) is 19.2. The van der Waals surface area contributed by atoms with E-state index in [1.165, 1.54) is 13.1 Å². The Kier molecular flexibility index (Phi) is 5.44. The SMILES string of the molecule is CNC(=O)C1CN(CC(=O)Nc2ccc(C)c([N+](=O)[O-])c2)c2ccccc2O1. The van der Waals surface area contributed by atoms with Gasteiger partial charge in [-0.15, -0.1) is 0 Å². The van der Waals surface area contributed by atoms with Crippen molar-refractivity contribution in [3.8, 4) is 5.75 Å². The third kappa shape index (κ3) is 4.03. The number of nitrogens with one attached hydrogen (secondary N) is 2. The summed E-state index contributed by atoms with van der Waals surface area (Å²) < 4.78 is 5.71. The summed E-state index contributed by atoms with van der Waals surface area (Å²) in [6, 6.07) is 11.7. The third-order valence-corrected chi connectivity index (χ3v) is 4.42. The molecule has 2 aromatic carbocycles. The number of carbonyl (C=O) groups excluding carboxylic acids is 2. The van der Waals surface area contributed by atoms with Gasteiger partial charge in [0, 0.05) is 24.4 Å². The number of hydrogen-bond acceptors (Lipinski definition) is 6. The van der Waals surface area contributed by atoms with Crippen LogP contribution in [0.3, 0.4) is 0 Å². The number of likely N-dealkylation sites (N-methyl/N-ethyl adjacent to an activating group) is 1. The summed E-state index contributed by atoms with van der Waals surface area (Å²) in [5, 5.41) is 16.3. The second-order valence-corrected chi connectivity index (χ2v) is 6.38. The average molecular weight is 384 g/mol. The smallest absolute Gasteiger partial charge is 0.274 e. The minimum absolute atomic E-state index is 0.0322. The molecule has 0 saturated heterocycles. The first-order valence-electron chi connectivity index (χ1n) is 8.66. The molecule has 0 aliphatic carbocycles. The predicted octanol–water partition coefficient (Wildman–Crippen LogP) is 1.86. The van der Waals surface area contributed by atoms with Gasteiger partial charge in [-0.1, -0.05) is 18.2 Å². The minimum atomic E-state index is -0.742. The monoisotopic (exact) mass is 384 g/mol. The molecule has 0 radical (unpaired) electrons. The van der Waals surface area contributed by atoms with E-state index in [0.29, 0.717) is 22.7 Å². The van der Waals surface area contributed by atoms with E-state index in [0.717, 1.165) is 0 Å². The van der Waals surface area contributed by atoms with Gasteiger partial charge in [0.1, 0.15) is 5.75 Å². The molecule has 0 saturated carbocycles. The Morgan fingerprint density at radius 2 is 2.04 bits per heavy atom. The molecule has 2 amide bonds.